The van der Waals surface area contributed by atoms with Crippen LogP contribution in [0.3, 0.4) is 0 Å². The molecule has 2 atom stereocenters. The summed E-state index contributed by atoms with van der Waals surface area (Å²) >= 11 is 3.22. The highest BCUT2D eigenvalue weighted by molar-refractivity contribution is 9.10. The summed E-state index contributed by atoms with van der Waals surface area (Å²) in [5.74, 6) is 0.371. The average Bonchev–Trinajstić information content (AvgIpc) is 2.95. The van der Waals surface area contributed by atoms with Gasteiger partial charge in [0.1, 0.15) is 5.82 Å². The number of hydrogen-bond donors (Lipinski definition) is 2. The number of aromatic nitrogens is 2. The Kier molecular flexibility index (Phi) is 3.34. The quantitative estimate of drug-likeness (QED) is 0.883. The van der Waals surface area contributed by atoms with Gasteiger partial charge in [-0.2, -0.15) is 4.98 Å². The molecular weight excluding hydrogens is 317 g/mol. The SMILES string of the molecule is O[C@@H]1CN[C@@H](c2nc(-c3cc(F)cc(Br)c3)no2)C1. The molecule has 2 heterocycles. The lowest BCUT2D eigenvalue weighted by molar-refractivity contribution is 0.191. The first-order valence-electron chi connectivity index (χ1n) is 5.83. The molecule has 2 aromatic rings. The van der Waals surface area contributed by atoms with Gasteiger partial charge in [0.25, 0.3) is 0 Å². The number of aliphatic hydroxyl groups is 1. The van der Waals surface area contributed by atoms with Crippen molar-refractivity contribution >= 4 is 15.9 Å². The Morgan fingerprint density at radius 1 is 1.42 bits per heavy atom. The van der Waals surface area contributed by atoms with Crippen molar-refractivity contribution in [2.75, 3.05) is 6.54 Å². The number of nitrogens with zero attached hydrogens (tertiary/aromatic N) is 2. The van der Waals surface area contributed by atoms with Gasteiger partial charge >= 0.3 is 0 Å². The van der Waals surface area contributed by atoms with Crippen LogP contribution in [0, 0.1) is 5.82 Å². The van der Waals surface area contributed by atoms with Crippen molar-refractivity contribution < 1.29 is 14.0 Å². The summed E-state index contributed by atoms with van der Waals surface area (Å²) in [6, 6.07) is 4.28. The summed E-state index contributed by atoms with van der Waals surface area (Å²) in [6.45, 7) is 0.508. The van der Waals surface area contributed by atoms with Gasteiger partial charge in [0.05, 0.1) is 12.1 Å². The van der Waals surface area contributed by atoms with Crippen molar-refractivity contribution in [1.82, 2.24) is 15.5 Å². The lowest BCUT2D eigenvalue weighted by Gasteiger charge is -2.01. The van der Waals surface area contributed by atoms with E-state index in [0.29, 0.717) is 34.7 Å². The molecule has 1 fully saturated rings. The number of aliphatic hydroxyl groups excluding tert-OH is 1. The van der Waals surface area contributed by atoms with Gasteiger partial charge in [0, 0.05) is 16.6 Å². The fourth-order valence-corrected chi connectivity index (χ4v) is 2.55. The highest BCUT2D eigenvalue weighted by atomic mass is 79.9. The lowest BCUT2D eigenvalue weighted by atomic mass is 10.2. The van der Waals surface area contributed by atoms with Gasteiger partial charge in [-0.15, -0.1) is 0 Å². The number of β-amino-alcohol motifs (C(OH)–C–C–N with tert-alkyl or cyclic N) is 1. The topological polar surface area (TPSA) is 71.2 Å². The van der Waals surface area contributed by atoms with E-state index in [1.807, 2.05) is 0 Å². The van der Waals surface area contributed by atoms with Crippen LogP contribution in [0.15, 0.2) is 27.2 Å². The van der Waals surface area contributed by atoms with E-state index in [2.05, 4.69) is 31.4 Å². The first-order valence-corrected chi connectivity index (χ1v) is 6.62. The summed E-state index contributed by atoms with van der Waals surface area (Å²) in [6.07, 6.45) is 0.137. The van der Waals surface area contributed by atoms with Gasteiger partial charge < -0.3 is 14.9 Å². The fourth-order valence-electron chi connectivity index (χ4n) is 2.08. The van der Waals surface area contributed by atoms with Gasteiger partial charge in [-0.3, -0.25) is 0 Å². The second-order valence-electron chi connectivity index (χ2n) is 4.46. The molecular formula is C12H11BrFN3O2. The second kappa shape index (κ2) is 4.99. The molecule has 1 aromatic carbocycles. The maximum atomic E-state index is 13.3. The van der Waals surface area contributed by atoms with Crippen molar-refractivity contribution in [2.24, 2.45) is 0 Å². The van der Waals surface area contributed by atoms with E-state index in [0.717, 1.165) is 0 Å². The van der Waals surface area contributed by atoms with Crippen LogP contribution in [0.5, 0.6) is 0 Å². The van der Waals surface area contributed by atoms with E-state index < -0.39 is 6.10 Å². The van der Waals surface area contributed by atoms with Crippen molar-refractivity contribution in [3.63, 3.8) is 0 Å². The largest absolute Gasteiger partial charge is 0.392 e. The number of halogens is 2. The molecule has 5 nitrogen and oxygen atoms in total. The molecule has 1 aromatic heterocycles. The molecule has 3 rings (SSSR count). The Balaban J connectivity index is 1.88. The maximum absolute atomic E-state index is 13.3. The molecule has 100 valence electrons. The van der Waals surface area contributed by atoms with E-state index in [1.165, 1.54) is 12.1 Å². The van der Waals surface area contributed by atoms with E-state index >= 15 is 0 Å². The van der Waals surface area contributed by atoms with E-state index in [4.69, 9.17) is 4.52 Å². The molecule has 0 saturated carbocycles. The Morgan fingerprint density at radius 3 is 2.95 bits per heavy atom. The van der Waals surface area contributed by atoms with Crippen molar-refractivity contribution in [3.05, 3.63) is 34.4 Å². The van der Waals surface area contributed by atoms with Crippen LogP contribution in [-0.2, 0) is 0 Å². The summed E-state index contributed by atoms with van der Waals surface area (Å²) in [5, 5.41) is 16.4. The summed E-state index contributed by atoms with van der Waals surface area (Å²) < 4.78 is 19.1. The van der Waals surface area contributed by atoms with Crippen molar-refractivity contribution in [1.29, 1.82) is 0 Å². The monoisotopic (exact) mass is 327 g/mol. The molecule has 7 heteroatoms. The number of benzene rings is 1. The highest BCUT2D eigenvalue weighted by Gasteiger charge is 2.28. The maximum Gasteiger partial charge on any atom is 0.244 e. The smallest absolute Gasteiger partial charge is 0.244 e. The second-order valence-corrected chi connectivity index (χ2v) is 5.38. The van der Waals surface area contributed by atoms with Gasteiger partial charge in [-0.05, 0) is 24.6 Å². The molecule has 1 aliphatic heterocycles. The first kappa shape index (κ1) is 12.7. The third-order valence-corrected chi connectivity index (χ3v) is 3.43. The van der Waals surface area contributed by atoms with Crippen LogP contribution in [-0.4, -0.2) is 27.9 Å². The van der Waals surface area contributed by atoms with Crippen molar-refractivity contribution in [2.45, 2.75) is 18.6 Å². The zero-order valence-corrected chi connectivity index (χ0v) is 11.4. The Morgan fingerprint density at radius 2 is 2.26 bits per heavy atom. The molecule has 0 spiro atoms. The molecule has 1 aliphatic rings. The van der Waals surface area contributed by atoms with Gasteiger partial charge in [0.2, 0.25) is 11.7 Å². The molecule has 2 N–H and O–H groups in total. The van der Waals surface area contributed by atoms with Crippen molar-refractivity contribution in [3.8, 4) is 11.4 Å². The number of hydrogen-bond acceptors (Lipinski definition) is 5. The summed E-state index contributed by atoms with van der Waals surface area (Å²) in [4.78, 5) is 4.24. The van der Waals surface area contributed by atoms with Gasteiger partial charge in [0.15, 0.2) is 0 Å². The highest BCUT2D eigenvalue weighted by Crippen LogP contribution is 2.26. The minimum Gasteiger partial charge on any atom is -0.392 e. The molecule has 0 bridgehead atoms. The predicted molar refractivity (Wildman–Crippen MR) is 68.8 cm³/mol. The molecule has 0 unspecified atom stereocenters. The van der Waals surface area contributed by atoms with Crippen LogP contribution in [0.4, 0.5) is 4.39 Å². The minimum absolute atomic E-state index is 0.145. The number of rotatable bonds is 2. The van der Waals surface area contributed by atoms with E-state index in [9.17, 15) is 9.50 Å². The molecule has 0 aliphatic carbocycles. The van der Waals surface area contributed by atoms with Crippen LogP contribution in [0.2, 0.25) is 0 Å². The number of nitrogens with one attached hydrogen (secondary N) is 1. The predicted octanol–water partition coefficient (Wildman–Crippen LogP) is 2.03. The van der Waals surface area contributed by atoms with Crippen LogP contribution < -0.4 is 5.32 Å². The normalized spacial score (nSPS) is 22.9. The summed E-state index contributed by atoms with van der Waals surface area (Å²) in [5.41, 5.74) is 0.542. The molecule has 0 radical (unpaired) electrons. The van der Waals surface area contributed by atoms with Gasteiger partial charge in [-0.25, -0.2) is 4.39 Å². The Labute approximate surface area is 117 Å². The van der Waals surface area contributed by atoms with E-state index in [-0.39, 0.29) is 11.9 Å². The molecule has 0 amide bonds. The average molecular weight is 328 g/mol. The molecule has 19 heavy (non-hydrogen) atoms. The van der Waals surface area contributed by atoms with Crippen LogP contribution >= 0.6 is 15.9 Å². The van der Waals surface area contributed by atoms with Gasteiger partial charge in [-0.1, -0.05) is 21.1 Å². The Hall–Kier alpha value is -1.31. The Bertz CT molecular complexity index is 584. The third kappa shape index (κ3) is 2.68. The standard InChI is InChI=1S/C12H11BrFN3O2/c13-7-1-6(2-8(14)3-7)11-16-12(19-17-11)10-4-9(18)5-15-10/h1-3,9-10,15,18H,4-5H2/t9-,10+/m0/s1. The minimum atomic E-state index is -0.399. The van der Waals surface area contributed by atoms with Crippen LogP contribution in [0.25, 0.3) is 11.4 Å². The molecule has 1 saturated heterocycles. The van der Waals surface area contributed by atoms with Crippen LogP contribution in [0.1, 0.15) is 18.4 Å². The zero-order valence-electron chi connectivity index (χ0n) is 9.81. The third-order valence-electron chi connectivity index (χ3n) is 2.97. The fraction of sp³-hybridized carbons (Fsp3) is 0.333. The zero-order chi connectivity index (χ0) is 13.4. The first-order chi connectivity index (χ1) is 9.11. The lowest BCUT2D eigenvalue weighted by Crippen LogP contribution is -2.15. The summed E-state index contributed by atoms with van der Waals surface area (Å²) in [7, 11) is 0. The van der Waals surface area contributed by atoms with E-state index in [1.54, 1.807) is 6.07 Å².